The molecule has 0 aliphatic rings. The van der Waals surface area contributed by atoms with E-state index >= 15 is 0 Å². The van der Waals surface area contributed by atoms with Gasteiger partial charge in [-0.25, -0.2) is 9.48 Å². The minimum absolute atomic E-state index is 0.0601. The third kappa shape index (κ3) is 5.09. The van der Waals surface area contributed by atoms with Crippen molar-refractivity contribution in [3.05, 3.63) is 79.5 Å². The lowest BCUT2D eigenvalue weighted by Gasteiger charge is -2.13. The zero-order chi connectivity index (χ0) is 25.3. The zero-order valence-electron chi connectivity index (χ0n) is 19.4. The lowest BCUT2D eigenvalue weighted by atomic mass is 10.1. The molecule has 0 fully saturated rings. The smallest absolute Gasteiger partial charge is 0.343 e. The normalized spacial score (nSPS) is 11.4. The number of carbonyl (C=O) groups excluding carboxylic acids is 1. The molecule has 2 aromatic carbocycles. The first kappa shape index (κ1) is 25.3. The van der Waals surface area contributed by atoms with Gasteiger partial charge in [0.05, 0.1) is 23.0 Å². The molecule has 4 rings (SSSR count). The van der Waals surface area contributed by atoms with E-state index < -0.39 is 11.5 Å². The van der Waals surface area contributed by atoms with Crippen LogP contribution in [0.3, 0.4) is 0 Å². The maximum absolute atomic E-state index is 13.4. The highest BCUT2D eigenvalue weighted by atomic mass is 35.5. The molecule has 0 bridgehead atoms. The molecule has 182 valence electrons. The Morgan fingerprint density at radius 1 is 1.03 bits per heavy atom. The van der Waals surface area contributed by atoms with Crippen LogP contribution < -0.4 is 5.56 Å². The number of benzene rings is 2. The zero-order valence-corrected chi connectivity index (χ0v) is 21.7. The van der Waals surface area contributed by atoms with E-state index in [2.05, 4.69) is 0 Å². The van der Waals surface area contributed by atoms with Gasteiger partial charge in [0.25, 0.3) is 5.56 Å². The van der Waals surface area contributed by atoms with Crippen molar-refractivity contribution in [3.8, 4) is 16.9 Å². The van der Waals surface area contributed by atoms with E-state index in [4.69, 9.17) is 44.6 Å². The Balaban J connectivity index is 2.11. The van der Waals surface area contributed by atoms with Crippen LogP contribution in [0.2, 0.25) is 15.1 Å². The first-order valence-electron chi connectivity index (χ1n) is 10.9. The Labute approximate surface area is 217 Å². The highest BCUT2D eigenvalue weighted by molar-refractivity contribution is 6.35. The summed E-state index contributed by atoms with van der Waals surface area (Å²) < 4.78 is 8.34. The number of likely N-dealkylation sites (N-methyl/N-ethyl adjacent to an activating group) is 1. The van der Waals surface area contributed by atoms with Gasteiger partial charge in [-0.1, -0.05) is 46.9 Å². The van der Waals surface area contributed by atoms with Crippen LogP contribution in [0.25, 0.3) is 28.0 Å². The molecule has 7 nitrogen and oxygen atoms in total. The van der Waals surface area contributed by atoms with E-state index in [0.717, 1.165) is 5.56 Å². The number of nitrogens with zero attached hydrogens (tertiary/aromatic N) is 4. The highest BCUT2D eigenvalue weighted by Gasteiger charge is 2.24. The number of aromatic nitrogens is 3. The summed E-state index contributed by atoms with van der Waals surface area (Å²) in [5.41, 5.74) is 1.88. The van der Waals surface area contributed by atoms with Crippen molar-refractivity contribution in [3.63, 3.8) is 0 Å². The summed E-state index contributed by atoms with van der Waals surface area (Å²) in [5, 5.41) is 6.84. The molecule has 4 aromatic rings. The van der Waals surface area contributed by atoms with Gasteiger partial charge in [0, 0.05) is 34.1 Å². The fourth-order valence-electron chi connectivity index (χ4n) is 3.77. The number of fused-ring (bicyclic) bond motifs is 1. The van der Waals surface area contributed by atoms with Crippen LogP contribution in [0.1, 0.15) is 17.3 Å². The van der Waals surface area contributed by atoms with Crippen molar-refractivity contribution in [2.75, 3.05) is 27.2 Å². The molecule has 0 atom stereocenters. The number of carbonyl (C=O) groups is 1. The van der Waals surface area contributed by atoms with Crippen LogP contribution in [0.5, 0.6) is 0 Å². The Morgan fingerprint density at radius 2 is 1.71 bits per heavy atom. The van der Waals surface area contributed by atoms with Crippen molar-refractivity contribution >= 4 is 51.8 Å². The Morgan fingerprint density at radius 3 is 2.34 bits per heavy atom. The molecule has 2 aromatic heterocycles. The van der Waals surface area contributed by atoms with E-state index in [9.17, 15) is 9.59 Å². The summed E-state index contributed by atoms with van der Waals surface area (Å²) in [5.74, 6) is -0.683. The van der Waals surface area contributed by atoms with Gasteiger partial charge in [-0.2, -0.15) is 0 Å². The molecule has 0 aliphatic heterocycles. The summed E-state index contributed by atoms with van der Waals surface area (Å²) >= 11 is 18.8. The molecule has 35 heavy (non-hydrogen) atoms. The monoisotopic (exact) mass is 532 g/mol. The molecule has 0 N–H and O–H groups in total. The number of pyridine rings is 1. The summed E-state index contributed by atoms with van der Waals surface area (Å²) in [4.78, 5) is 28.1. The molecule has 0 amide bonds. The quantitative estimate of drug-likeness (QED) is 0.291. The molecule has 2 heterocycles. The molecule has 0 spiro atoms. The summed E-state index contributed by atoms with van der Waals surface area (Å²) in [6, 6.07) is 13.8. The first-order valence-corrected chi connectivity index (χ1v) is 12.0. The number of hydrogen-bond acceptors (Lipinski definition) is 5. The molecule has 0 radical (unpaired) electrons. The van der Waals surface area contributed by atoms with E-state index in [1.54, 1.807) is 48.0 Å². The van der Waals surface area contributed by atoms with Gasteiger partial charge in [0.2, 0.25) is 0 Å². The summed E-state index contributed by atoms with van der Waals surface area (Å²) in [7, 11) is 3.81. The van der Waals surface area contributed by atoms with Gasteiger partial charge in [0.1, 0.15) is 5.56 Å². The lowest BCUT2D eigenvalue weighted by molar-refractivity contribution is 0.0524. The van der Waals surface area contributed by atoms with Gasteiger partial charge in [-0.3, -0.25) is 9.36 Å². The van der Waals surface area contributed by atoms with Crippen LogP contribution in [0.4, 0.5) is 0 Å². The molecular formula is C25H23Cl3N4O3. The Kier molecular flexibility index (Phi) is 7.52. The standard InChI is InChI=1S/C25H23Cl3N4O3/c1-4-35-25(34)19-14-18-22(15-5-7-16(26)8-6-15)32(21-10-9-17(27)13-20(21)28)29-23(18)31(24(19)33)12-11-30(2)3/h5-10,13-14H,4,11-12H2,1-3H3. The summed E-state index contributed by atoms with van der Waals surface area (Å²) in [6.45, 7) is 2.73. The van der Waals surface area contributed by atoms with Crippen molar-refractivity contribution in [1.29, 1.82) is 0 Å². The van der Waals surface area contributed by atoms with Crippen LogP contribution in [-0.2, 0) is 11.3 Å². The van der Waals surface area contributed by atoms with Gasteiger partial charge < -0.3 is 9.64 Å². The van der Waals surface area contributed by atoms with Crippen molar-refractivity contribution in [2.24, 2.45) is 0 Å². The molecular weight excluding hydrogens is 511 g/mol. The predicted octanol–water partition coefficient (Wildman–Crippen LogP) is 5.55. The minimum Gasteiger partial charge on any atom is -0.462 e. The topological polar surface area (TPSA) is 69.4 Å². The predicted molar refractivity (Wildman–Crippen MR) is 140 cm³/mol. The molecule has 0 aliphatic carbocycles. The largest absolute Gasteiger partial charge is 0.462 e. The Hall–Kier alpha value is -2.84. The molecule has 0 saturated carbocycles. The van der Waals surface area contributed by atoms with Crippen molar-refractivity contribution in [2.45, 2.75) is 13.5 Å². The average molecular weight is 534 g/mol. The minimum atomic E-state index is -0.683. The van der Waals surface area contributed by atoms with Gasteiger partial charge in [0.15, 0.2) is 5.65 Å². The lowest BCUT2D eigenvalue weighted by Crippen LogP contribution is -2.31. The maximum Gasteiger partial charge on any atom is 0.343 e. The van der Waals surface area contributed by atoms with Crippen LogP contribution in [0.15, 0.2) is 53.3 Å². The number of rotatable bonds is 7. The third-order valence-corrected chi connectivity index (χ3v) is 6.23. The SMILES string of the molecule is CCOC(=O)c1cc2c(-c3ccc(Cl)cc3)n(-c3ccc(Cl)cc3Cl)nc2n(CCN(C)C)c1=O. The third-order valence-electron chi connectivity index (χ3n) is 5.44. The molecule has 0 saturated heterocycles. The average Bonchev–Trinajstić information content (AvgIpc) is 3.17. The summed E-state index contributed by atoms with van der Waals surface area (Å²) in [6.07, 6.45) is 0. The fraction of sp³-hybridized carbons (Fsp3) is 0.240. The van der Waals surface area contributed by atoms with E-state index in [1.165, 1.54) is 4.57 Å². The molecule has 0 unspecified atom stereocenters. The van der Waals surface area contributed by atoms with Gasteiger partial charge in [-0.15, -0.1) is 5.10 Å². The Bertz CT molecular complexity index is 1460. The number of esters is 1. The molecule has 10 heteroatoms. The van der Waals surface area contributed by atoms with Crippen molar-refractivity contribution in [1.82, 2.24) is 19.2 Å². The maximum atomic E-state index is 13.4. The number of ether oxygens (including phenoxy) is 1. The van der Waals surface area contributed by atoms with Gasteiger partial charge in [-0.05, 0) is 57.4 Å². The van der Waals surface area contributed by atoms with Gasteiger partial charge >= 0.3 is 5.97 Å². The van der Waals surface area contributed by atoms with Crippen molar-refractivity contribution < 1.29 is 9.53 Å². The number of hydrogen-bond donors (Lipinski definition) is 0. The highest BCUT2D eigenvalue weighted by Crippen LogP contribution is 2.35. The fourth-order valence-corrected chi connectivity index (χ4v) is 4.39. The van der Waals surface area contributed by atoms with Crippen LogP contribution in [0, 0.1) is 0 Å². The van der Waals surface area contributed by atoms with E-state index in [0.29, 0.717) is 50.6 Å². The van der Waals surface area contributed by atoms with Crippen LogP contribution >= 0.6 is 34.8 Å². The van der Waals surface area contributed by atoms with Crippen LogP contribution in [-0.4, -0.2) is 52.5 Å². The van der Waals surface area contributed by atoms with E-state index in [1.807, 2.05) is 31.1 Å². The van der Waals surface area contributed by atoms with E-state index in [-0.39, 0.29) is 12.2 Å². The first-order chi connectivity index (χ1) is 16.7. The second kappa shape index (κ2) is 10.4. The second-order valence-corrected chi connectivity index (χ2v) is 9.42. The second-order valence-electron chi connectivity index (χ2n) is 8.14. The number of halogens is 3.